The molecule has 2 N–H and O–H groups in total. The number of hydrogen-bond donors (Lipinski definition) is 2. The maximum absolute atomic E-state index is 12.6. The number of para-hydroxylation sites is 1. The molecule has 0 aliphatic carbocycles. The van der Waals surface area contributed by atoms with Crippen molar-refractivity contribution in [2.24, 2.45) is 0 Å². The average Bonchev–Trinajstić information content (AvgIpc) is 2.59. The molecule has 0 saturated heterocycles. The minimum Gasteiger partial charge on any atom is -0.395 e. The number of aromatic nitrogens is 2. The van der Waals surface area contributed by atoms with E-state index in [-0.39, 0.29) is 24.6 Å². The summed E-state index contributed by atoms with van der Waals surface area (Å²) in [4.78, 5) is 29.7. The molecule has 0 bridgehead atoms. The van der Waals surface area contributed by atoms with Gasteiger partial charge in [-0.25, -0.2) is 4.98 Å². The average molecular weight is 325 g/mol. The van der Waals surface area contributed by atoms with Crippen LogP contribution in [0.3, 0.4) is 0 Å². The van der Waals surface area contributed by atoms with Gasteiger partial charge >= 0.3 is 0 Å². The van der Waals surface area contributed by atoms with Crippen molar-refractivity contribution in [3.05, 3.63) is 51.9 Å². The molecule has 124 valence electrons. The van der Waals surface area contributed by atoms with Crippen LogP contribution in [0.25, 0.3) is 21.8 Å². The molecule has 6 nitrogen and oxygen atoms in total. The number of carbonyl (C=O) groups is 1. The molecule has 6 heteroatoms. The molecular formula is C18H19N3O3. The highest BCUT2D eigenvalue weighted by atomic mass is 16.3. The molecule has 0 spiro atoms. The minimum absolute atomic E-state index is 0.146. The van der Waals surface area contributed by atoms with Gasteiger partial charge in [-0.2, -0.15) is 0 Å². The Morgan fingerprint density at radius 3 is 2.83 bits per heavy atom. The van der Waals surface area contributed by atoms with E-state index in [2.05, 4.69) is 10.3 Å². The predicted octanol–water partition coefficient (Wildman–Crippen LogP) is 1.60. The Kier molecular flexibility index (Phi) is 4.31. The Bertz CT molecular complexity index is 992. The molecule has 1 amide bonds. The maximum atomic E-state index is 12.6. The highest BCUT2D eigenvalue weighted by molar-refractivity contribution is 6.07. The molecule has 1 aromatic carbocycles. The van der Waals surface area contributed by atoms with Gasteiger partial charge in [0.1, 0.15) is 0 Å². The Hall–Kier alpha value is -2.73. The fourth-order valence-corrected chi connectivity index (χ4v) is 2.81. The monoisotopic (exact) mass is 325 g/mol. The van der Waals surface area contributed by atoms with Crippen LogP contribution in [0.1, 0.15) is 22.8 Å². The van der Waals surface area contributed by atoms with Crippen molar-refractivity contribution in [1.82, 2.24) is 14.9 Å². The van der Waals surface area contributed by atoms with Gasteiger partial charge in [0.25, 0.3) is 11.5 Å². The van der Waals surface area contributed by atoms with Crippen LogP contribution >= 0.6 is 0 Å². The van der Waals surface area contributed by atoms with Gasteiger partial charge in [-0.05, 0) is 25.5 Å². The maximum Gasteiger partial charge on any atom is 0.260 e. The standard InChI is InChI=1S/C18H19N3O3/c1-3-21-10-14(17(23)19-7-8-22)16-13(18(21)24)9-12-6-4-5-11(2)15(12)20-16/h4-6,9-10,22H,3,7-8H2,1-2H3,(H,19,23). The number of aryl methyl sites for hydroxylation is 2. The van der Waals surface area contributed by atoms with Gasteiger partial charge < -0.3 is 15.0 Å². The second kappa shape index (κ2) is 6.41. The molecule has 0 radical (unpaired) electrons. The Morgan fingerprint density at radius 1 is 1.33 bits per heavy atom. The van der Waals surface area contributed by atoms with Crippen molar-refractivity contribution in [2.45, 2.75) is 20.4 Å². The smallest absolute Gasteiger partial charge is 0.260 e. The SMILES string of the molecule is CCn1cc(C(=O)NCCO)c2nc3c(C)cccc3cc2c1=O. The molecule has 2 aromatic heterocycles. The first-order valence-corrected chi connectivity index (χ1v) is 7.89. The van der Waals surface area contributed by atoms with Crippen LogP contribution in [-0.4, -0.2) is 33.7 Å². The largest absolute Gasteiger partial charge is 0.395 e. The van der Waals surface area contributed by atoms with Crippen molar-refractivity contribution >= 4 is 27.7 Å². The second-order valence-corrected chi connectivity index (χ2v) is 5.64. The molecule has 0 aliphatic rings. The summed E-state index contributed by atoms with van der Waals surface area (Å²) in [6, 6.07) is 7.56. The molecule has 0 unspecified atom stereocenters. The van der Waals surface area contributed by atoms with Crippen LogP contribution in [-0.2, 0) is 6.54 Å². The van der Waals surface area contributed by atoms with Crippen LogP contribution in [0, 0.1) is 6.92 Å². The van der Waals surface area contributed by atoms with Crippen molar-refractivity contribution in [3.63, 3.8) is 0 Å². The van der Waals surface area contributed by atoms with Crippen LogP contribution in [0.15, 0.2) is 35.3 Å². The second-order valence-electron chi connectivity index (χ2n) is 5.64. The zero-order valence-corrected chi connectivity index (χ0v) is 13.7. The first-order chi connectivity index (χ1) is 11.6. The van der Waals surface area contributed by atoms with E-state index in [0.29, 0.717) is 23.0 Å². The van der Waals surface area contributed by atoms with E-state index in [1.54, 1.807) is 6.07 Å². The summed E-state index contributed by atoms with van der Waals surface area (Å²) in [5.41, 5.74) is 2.32. The van der Waals surface area contributed by atoms with E-state index in [4.69, 9.17) is 5.11 Å². The van der Waals surface area contributed by atoms with Crippen molar-refractivity contribution in [1.29, 1.82) is 0 Å². The normalized spacial score (nSPS) is 11.1. The van der Waals surface area contributed by atoms with Crippen molar-refractivity contribution in [2.75, 3.05) is 13.2 Å². The van der Waals surface area contributed by atoms with Crippen molar-refractivity contribution < 1.29 is 9.90 Å². The summed E-state index contributed by atoms with van der Waals surface area (Å²) in [7, 11) is 0. The van der Waals surface area contributed by atoms with Gasteiger partial charge in [-0.15, -0.1) is 0 Å². The highest BCUT2D eigenvalue weighted by Gasteiger charge is 2.17. The van der Waals surface area contributed by atoms with E-state index in [1.807, 2.05) is 32.0 Å². The Balaban J connectivity index is 2.37. The van der Waals surface area contributed by atoms with Gasteiger partial charge in [0.2, 0.25) is 0 Å². The summed E-state index contributed by atoms with van der Waals surface area (Å²) in [5, 5.41) is 12.8. The number of nitrogens with zero attached hydrogens (tertiary/aromatic N) is 2. The quantitative estimate of drug-likeness (QED) is 0.714. The number of rotatable bonds is 4. The topological polar surface area (TPSA) is 84.2 Å². The van der Waals surface area contributed by atoms with E-state index >= 15 is 0 Å². The van der Waals surface area contributed by atoms with Crippen LogP contribution < -0.4 is 10.9 Å². The molecule has 0 saturated carbocycles. The zero-order valence-electron chi connectivity index (χ0n) is 13.7. The van der Waals surface area contributed by atoms with Crippen molar-refractivity contribution in [3.8, 4) is 0 Å². The molecule has 3 aromatic rings. The zero-order chi connectivity index (χ0) is 17.3. The van der Waals surface area contributed by atoms with Gasteiger partial charge in [-0.3, -0.25) is 9.59 Å². The lowest BCUT2D eigenvalue weighted by Gasteiger charge is -2.12. The van der Waals surface area contributed by atoms with E-state index in [0.717, 1.165) is 16.5 Å². The van der Waals surface area contributed by atoms with Crippen LogP contribution in [0.4, 0.5) is 0 Å². The molecule has 3 rings (SSSR count). The number of hydrogen-bond acceptors (Lipinski definition) is 4. The number of amides is 1. The molecule has 2 heterocycles. The van der Waals surface area contributed by atoms with E-state index < -0.39 is 0 Å². The van der Waals surface area contributed by atoms with Gasteiger partial charge in [-0.1, -0.05) is 18.2 Å². The minimum atomic E-state index is -0.350. The summed E-state index contributed by atoms with van der Waals surface area (Å²) in [6.45, 7) is 4.26. The molecular weight excluding hydrogens is 306 g/mol. The van der Waals surface area contributed by atoms with E-state index in [1.165, 1.54) is 10.8 Å². The lowest BCUT2D eigenvalue weighted by Crippen LogP contribution is -2.29. The predicted molar refractivity (Wildman–Crippen MR) is 93.3 cm³/mol. The number of fused-ring (bicyclic) bond motifs is 2. The molecule has 0 atom stereocenters. The van der Waals surface area contributed by atoms with E-state index in [9.17, 15) is 9.59 Å². The van der Waals surface area contributed by atoms with Gasteiger partial charge in [0, 0.05) is 24.7 Å². The lowest BCUT2D eigenvalue weighted by atomic mass is 10.1. The number of benzene rings is 1. The molecule has 24 heavy (non-hydrogen) atoms. The van der Waals surface area contributed by atoms with Crippen LogP contribution in [0.2, 0.25) is 0 Å². The third kappa shape index (κ3) is 2.65. The van der Waals surface area contributed by atoms with Crippen LogP contribution in [0.5, 0.6) is 0 Å². The highest BCUT2D eigenvalue weighted by Crippen LogP contribution is 2.22. The summed E-state index contributed by atoms with van der Waals surface area (Å²) in [6.07, 6.45) is 1.54. The Morgan fingerprint density at radius 2 is 2.12 bits per heavy atom. The number of carbonyl (C=O) groups excluding carboxylic acids is 1. The number of aliphatic hydroxyl groups excluding tert-OH is 1. The summed E-state index contributed by atoms with van der Waals surface area (Å²) < 4.78 is 1.50. The molecule has 0 fully saturated rings. The fourth-order valence-electron chi connectivity index (χ4n) is 2.81. The summed E-state index contributed by atoms with van der Waals surface area (Å²) >= 11 is 0. The third-order valence-electron chi connectivity index (χ3n) is 4.06. The molecule has 0 aliphatic heterocycles. The summed E-state index contributed by atoms with van der Waals surface area (Å²) in [5.74, 6) is -0.350. The first kappa shape index (κ1) is 16.1. The van der Waals surface area contributed by atoms with Gasteiger partial charge in [0.05, 0.1) is 28.6 Å². The Labute approximate surface area is 138 Å². The number of aliphatic hydroxyl groups is 1. The fraction of sp³-hybridized carbons (Fsp3) is 0.278. The van der Waals surface area contributed by atoms with Gasteiger partial charge in [0.15, 0.2) is 0 Å². The number of nitrogens with one attached hydrogen (secondary N) is 1. The number of pyridine rings is 2. The lowest BCUT2D eigenvalue weighted by molar-refractivity contribution is 0.0945. The third-order valence-corrected chi connectivity index (χ3v) is 4.06. The first-order valence-electron chi connectivity index (χ1n) is 7.89.